The van der Waals surface area contributed by atoms with E-state index >= 15 is 0 Å². The monoisotopic (exact) mass is 413 g/mol. The van der Waals surface area contributed by atoms with E-state index < -0.39 is 12.1 Å². The summed E-state index contributed by atoms with van der Waals surface area (Å²) in [6, 6.07) is 24.4. The van der Waals surface area contributed by atoms with E-state index in [4.69, 9.17) is 9.47 Å². The van der Waals surface area contributed by atoms with Crippen molar-refractivity contribution in [2.75, 3.05) is 13.2 Å². The quantitative estimate of drug-likeness (QED) is 0.636. The highest BCUT2D eigenvalue weighted by Crippen LogP contribution is 2.44. The average Bonchev–Trinajstić information content (AvgIpc) is 3.34. The molecule has 0 aromatic heterocycles. The summed E-state index contributed by atoms with van der Waals surface area (Å²) >= 11 is 0. The maximum Gasteiger partial charge on any atom is 0.407 e. The number of alkyl carbamates (subject to hydrolysis) is 1. The second kappa shape index (κ2) is 8.26. The van der Waals surface area contributed by atoms with Crippen molar-refractivity contribution in [3.63, 3.8) is 0 Å². The van der Waals surface area contributed by atoms with Gasteiger partial charge < -0.3 is 14.8 Å². The number of nitrogens with one attached hydrogen (secondary N) is 1. The third kappa shape index (κ3) is 3.91. The van der Waals surface area contributed by atoms with Crippen molar-refractivity contribution in [1.82, 2.24) is 5.32 Å². The Morgan fingerprint density at radius 1 is 0.806 bits per heavy atom. The fourth-order valence-electron chi connectivity index (χ4n) is 4.62. The molecule has 0 fully saturated rings. The van der Waals surface area contributed by atoms with E-state index in [-0.39, 0.29) is 25.2 Å². The maximum absolute atomic E-state index is 12.2. The first kappa shape index (κ1) is 19.4. The van der Waals surface area contributed by atoms with Crippen LogP contribution in [-0.4, -0.2) is 31.3 Å². The largest absolute Gasteiger partial charge is 0.460 e. The van der Waals surface area contributed by atoms with Gasteiger partial charge in [-0.15, -0.1) is 0 Å². The second-order valence-corrected chi connectivity index (χ2v) is 7.97. The molecule has 0 saturated carbocycles. The Bertz CT molecular complexity index is 1070. The lowest BCUT2D eigenvalue weighted by atomic mass is 9.98. The average molecular weight is 413 g/mol. The lowest BCUT2D eigenvalue weighted by Crippen LogP contribution is -2.33. The molecule has 3 aromatic rings. The molecule has 3 aromatic carbocycles. The summed E-state index contributed by atoms with van der Waals surface area (Å²) in [6.45, 7) is 0.0103. The number of carbonyl (C=O) groups excluding carboxylic acids is 2. The Balaban J connectivity index is 1.12. The summed E-state index contributed by atoms with van der Waals surface area (Å²) in [4.78, 5) is 24.4. The van der Waals surface area contributed by atoms with Crippen LogP contribution in [0.4, 0.5) is 4.79 Å². The zero-order valence-corrected chi connectivity index (χ0v) is 17.0. The topological polar surface area (TPSA) is 64.6 Å². The molecule has 5 rings (SSSR count). The van der Waals surface area contributed by atoms with E-state index in [2.05, 4.69) is 41.7 Å². The Morgan fingerprint density at radius 3 is 1.97 bits per heavy atom. The van der Waals surface area contributed by atoms with E-state index in [1.807, 2.05) is 36.4 Å². The summed E-state index contributed by atoms with van der Waals surface area (Å²) in [5, 5.41) is 2.51. The minimum atomic E-state index is -0.617. The van der Waals surface area contributed by atoms with Crippen LogP contribution in [0, 0.1) is 0 Å². The van der Waals surface area contributed by atoms with E-state index in [9.17, 15) is 9.59 Å². The molecule has 0 heterocycles. The molecule has 0 saturated heterocycles. The van der Waals surface area contributed by atoms with Gasteiger partial charge in [-0.25, -0.2) is 4.79 Å². The van der Waals surface area contributed by atoms with Crippen LogP contribution in [0.2, 0.25) is 0 Å². The molecule has 0 radical (unpaired) electrons. The van der Waals surface area contributed by atoms with Gasteiger partial charge in [0, 0.05) is 18.8 Å². The van der Waals surface area contributed by atoms with Gasteiger partial charge in [0.1, 0.15) is 19.3 Å². The van der Waals surface area contributed by atoms with Crippen LogP contribution < -0.4 is 5.32 Å². The van der Waals surface area contributed by atoms with Crippen LogP contribution in [0.15, 0.2) is 72.8 Å². The third-order valence-electron chi connectivity index (χ3n) is 6.03. The zero-order valence-electron chi connectivity index (χ0n) is 17.0. The minimum Gasteiger partial charge on any atom is -0.460 e. The lowest BCUT2D eigenvalue weighted by molar-refractivity contribution is -0.147. The number of esters is 1. The summed E-state index contributed by atoms with van der Waals surface area (Å²) < 4.78 is 11.0. The molecule has 2 aliphatic rings. The number of benzene rings is 3. The predicted molar refractivity (Wildman–Crippen MR) is 117 cm³/mol. The van der Waals surface area contributed by atoms with Gasteiger partial charge in [-0.05, 0) is 33.4 Å². The highest BCUT2D eigenvalue weighted by atomic mass is 16.6. The summed E-state index contributed by atoms with van der Waals surface area (Å²) in [5.74, 6) is -0.464. The molecule has 2 aliphatic carbocycles. The standard InChI is InChI=1S/C26H23NO4/c28-25(31-19-13-17-7-1-2-8-18(17)14-19)15-27-26(29)30-16-24-22-11-5-3-9-20(22)21-10-4-6-12-23(21)24/h1-12,19,24H,13-16H2,(H,27,29). The molecule has 1 N–H and O–H groups in total. The predicted octanol–water partition coefficient (Wildman–Crippen LogP) is 4.24. The number of carbonyl (C=O) groups is 2. The van der Waals surface area contributed by atoms with Gasteiger partial charge in [0.2, 0.25) is 0 Å². The van der Waals surface area contributed by atoms with E-state index in [1.54, 1.807) is 0 Å². The van der Waals surface area contributed by atoms with Crippen LogP contribution in [0.5, 0.6) is 0 Å². The van der Waals surface area contributed by atoms with Crippen LogP contribution in [0.1, 0.15) is 28.2 Å². The molecular weight excluding hydrogens is 390 g/mol. The molecular formula is C26H23NO4. The Hall–Kier alpha value is -3.60. The molecule has 0 bridgehead atoms. The maximum atomic E-state index is 12.2. The van der Waals surface area contributed by atoms with Gasteiger partial charge in [0.25, 0.3) is 0 Å². The van der Waals surface area contributed by atoms with Gasteiger partial charge >= 0.3 is 12.1 Å². The lowest BCUT2D eigenvalue weighted by Gasteiger charge is -2.15. The van der Waals surface area contributed by atoms with Gasteiger partial charge in [0.15, 0.2) is 0 Å². The second-order valence-electron chi connectivity index (χ2n) is 7.97. The minimum absolute atomic E-state index is 0.0119. The normalized spacial score (nSPS) is 14.5. The van der Waals surface area contributed by atoms with Crippen LogP contribution in [0.3, 0.4) is 0 Å². The molecule has 5 nitrogen and oxygen atoms in total. The van der Waals surface area contributed by atoms with Crippen molar-refractivity contribution in [2.45, 2.75) is 24.9 Å². The number of amides is 1. The summed E-state index contributed by atoms with van der Waals surface area (Å²) in [6.07, 6.45) is 0.641. The SMILES string of the molecule is O=C(CNC(=O)OCC1c2ccccc2-c2ccccc21)OC1Cc2ccccc2C1. The fourth-order valence-corrected chi connectivity index (χ4v) is 4.62. The van der Waals surface area contributed by atoms with Gasteiger partial charge in [-0.1, -0.05) is 72.8 Å². The molecule has 156 valence electrons. The molecule has 5 heteroatoms. The zero-order chi connectivity index (χ0) is 21.2. The van der Waals surface area contributed by atoms with Crippen molar-refractivity contribution >= 4 is 12.1 Å². The Labute approximate surface area is 181 Å². The molecule has 0 spiro atoms. The first-order chi connectivity index (χ1) is 15.2. The van der Waals surface area contributed by atoms with Gasteiger partial charge in [-0.3, -0.25) is 4.79 Å². The number of rotatable bonds is 5. The molecule has 1 amide bonds. The smallest absolute Gasteiger partial charge is 0.407 e. The number of hydrogen-bond acceptors (Lipinski definition) is 4. The van der Waals surface area contributed by atoms with Crippen molar-refractivity contribution in [3.05, 3.63) is 95.1 Å². The molecule has 0 aliphatic heterocycles. The first-order valence-electron chi connectivity index (χ1n) is 10.5. The third-order valence-corrected chi connectivity index (χ3v) is 6.03. The highest BCUT2D eigenvalue weighted by molar-refractivity contribution is 5.80. The van der Waals surface area contributed by atoms with Crippen molar-refractivity contribution < 1.29 is 19.1 Å². The van der Waals surface area contributed by atoms with E-state index in [0.29, 0.717) is 12.8 Å². The molecule has 31 heavy (non-hydrogen) atoms. The van der Waals surface area contributed by atoms with Crippen LogP contribution in [0.25, 0.3) is 11.1 Å². The Morgan fingerprint density at radius 2 is 1.35 bits per heavy atom. The van der Waals surface area contributed by atoms with Gasteiger partial charge in [0.05, 0.1) is 0 Å². The number of hydrogen-bond donors (Lipinski definition) is 1. The molecule has 0 unspecified atom stereocenters. The number of fused-ring (bicyclic) bond motifs is 4. The van der Waals surface area contributed by atoms with Gasteiger partial charge in [-0.2, -0.15) is 0 Å². The first-order valence-corrected chi connectivity index (χ1v) is 10.5. The highest BCUT2D eigenvalue weighted by Gasteiger charge is 2.29. The Kier molecular flexibility index (Phi) is 5.16. The summed E-state index contributed by atoms with van der Waals surface area (Å²) in [7, 11) is 0. The van der Waals surface area contributed by atoms with E-state index in [1.165, 1.54) is 22.3 Å². The molecule has 0 atom stereocenters. The van der Waals surface area contributed by atoms with Crippen molar-refractivity contribution in [2.24, 2.45) is 0 Å². The van der Waals surface area contributed by atoms with E-state index in [0.717, 1.165) is 11.1 Å². The van der Waals surface area contributed by atoms with Crippen molar-refractivity contribution in [1.29, 1.82) is 0 Å². The van der Waals surface area contributed by atoms with Crippen LogP contribution >= 0.6 is 0 Å². The number of ether oxygens (including phenoxy) is 2. The van der Waals surface area contributed by atoms with Crippen molar-refractivity contribution in [3.8, 4) is 11.1 Å². The summed E-state index contributed by atoms with van der Waals surface area (Å²) in [5.41, 5.74) is 7.07. The van der Waals surface area contributed by atoms with Crippen LogP contribution in [-0.2, 0) is 27.1 Å². The fraction of sp³-hybridized carbons (Fsp3) is 0.231.